The first-order chi connectivity index (χ1) is 11.8. The molecule has 0 aliphatic carbocycles. The maximum absolute atomic E-state index is 9.79. The van der Waals surface area contributed by atoms with Gasteiger partial charge in [0.2, 0.25) is 0 Å². The standard InChI is InChI=1S/C22H32O3/c1-16(2)8-6-9-17(3)10-7-12-22(4)13-11-18-14-19(23)15-20(24-5)21(18)25-22/h8,10,14-15,23H,6-7,9,11-13H2,1-5H3/b17-10+. The van der Waals surface area contributed by atoms with Crippen molar-refractivity contribution in [2.45, 2.75) is 71.8 Å². The molecule has 1 unspecified atom stereocenters. The summed E-state index contributed by atoms with van der Waals surface area (Å²) in [5, 5.41) is 9.79. The van der Waals surface area contributed by atoms with Crippen LogP contribution in [0.2, 0.25) is 0 Å². The summed E-state index contributed by atoms with van der Waals surface area (Å²) in [4.78, 5) is 0. The van der Waals surface area contributed by atoms with Gasteiger partial charge in [-0.15, -0.1) is 0 Å². The van der Waals surface area contributed by atoms with Gasteiger partial charge in [0.15, 0.2) is 11.5 Å². The zero-order valence-electron chi connectivity index (χ0n) is 16.3. The van der Waals surface area contributed by atoms with Crippen LogP contribution in [0.4, 0.5) is 0 Å². The molecule has 2 rings (SSSR count). The van der Waals surface area contributed by atoms with Crippen molar-refractivity contribution in [3.8, 4) is 17.2 Å². The summed E-state index contributed by atoms with van der Waals surface area (Å²) >= 11 is 0. The molecule has 25 heavy (non-hydrogen) atoms. The number of methoxy groups -OCH3 is 1. The summed E-state index contributed by atoms with van der Waals surface area (Å²) in [5.41, 5.74) is 3.67. The van der Waals surface area contributed by atoms with Crippen LogP contribution in [0.15, 0.2) is 35.4 Å². The lowest BCUT2D eigenvalue weighted by Gasteiger charge is -2.36. The van der Waals surface area contributed by atoms with E-state index in [4.69, 9.17) is 9.47 Å². The summed E-state index contributed by atoms with van der Waals surface area (Å²) < 4.78 is 11.7. The topological polar surface area (TPSA) is 38.7 Å². The number of hydrogen-bond donors (Lipinski definition) is 1. The van der Waals surface area contributed by atoms with E-state index in [0.29, 0.717) is 5.75 Å². The van der Waals surface area contributed by atoms with Crippen LogP contribution in [-0.2, 0) is 6.42 Å². The van der Waals surface area contributed by atoms with Crippen molar-refractivity contribution in [1.29, 1.82) is 0 Å². The van der Waals surface area contributed by atoms with Gasteiger partial charge in [-0.25, -0.2) is 0 Å². The first-order valence-corrected chi connectivity index (χ1v) is 9.21. The molecule has 1 aliphatic heterocycles. The van der Waals surface area contributed by atoms with Gasteiger partial charge in [-0.2, -0.15) is 0 Å². The number of ether oxygens (including phenoxy) is 2. The second-order valence-corrected chi connectivity index (χ2v) is 7.60. The van der Waals surface area contributed by atoms with Gasteiger partial charge in [-0.1, -0.05) is 23.3 Å². The molecule has 0 amide bonds. The van der Waals surface area contributed by atoms with Crippen LogP contribution in [0.5, 0.6) is 17.2 Å². The zero-order valence-corrected chi connectivity index (χ0v) is 16.3. The third-order valence-electron chi connectivity index (χ3n) is 4.87. The summed E-state index contributed by atoms with van der Waals surface area (Å²) in [6, 6.07) is 3.41. The first-order valence-electron chi connectivity index (χ1n) is 9.21. The normalized spacial score (nSPS) is 19.8. The predicted molar refractivity (Wildman–Crippen MR) is 104 cm³/mol. The second-order valence-electron chi connectivity index (χ2n) is 7.60. The Balaban J connectivity index is 1.96. The smallest absolute Gasteiger partial charge is 0.165 e. The molecule has 0 spiro atoms. The minimum absolute atomic E-state index is 0.187. The van der Waals surface area contributed by atoms with E-state index in [1.54, 1.807) is 19.2 Å². The third kappa shape index (κ3) is 5.55. The minimum Gasteiger partial charge on any atom is -0.508 e. The van der Waals surface area contributed by atoms with Crippen molar-refractivity contribution >= 4 is 0 Å². The Morgan fingerprint density at radius 3 is 2.68 bits per heavy atom. The molecule has 0 saturated carbocycles. The Kier molecular flexibility index (Phi) is 6.57. The van der Waals surface area contributed by atoms with Gasteiger partial charge < -0.3 is 14.6 Å². The highest BCUT2D eigenvalue weighted by atomic mass is 16.5. The van der Waals surface area contributed by atoms with Gasteiger partial charge in [-0.3, -0.25) is 0 Å². The monoisotopic (exact) mass is 344 g/mol. The number of hydrogen-bond acceptors (Lipinski definition) is 3. The Labute approximate surface area is 152 Å². The maximum Gasteiger partial charge on any atom is 0.165 e. The summed E-state index contributed by atoms with van der Waals surface area (Å²) in [6.45, 7) is 8.68. The summed E-state index contributed by atoms with van der Waals surface area (Å²) in [6.07, 6.45) is 10.7. The van der Waals surface area contributed by atoms with Crippen LogP contribution in [0.25, 0.3) is 0 Å². The molecule has 0 bridgehead atoms. The number of aryl methyl sites for hydroxylation is 1. The van der Waals surface area contributed by atoms with Gasteiger partial charge in [-0.05, 0) is 72.3 Å². The largest absolute Gasteiger partial charge is 0.508 e. The Hall–Kier alpha value is -1.90. The lowest BCUT2D eigenvalue weighted by molar-refractivity contribution is 0.0535. The lowest BCUT2D eigenvalue weighted by atomic mass is 9.88. The Morgan fingerprint density at radius 1 is 1.24 bits per heavy atom. The molecule has 1 aromatic rings. The fourth-order valence-corrected chi connectivity index (χ4v) is 3.28. The van der Waals surface area contributed by atoms with E-state index in [9.17, 15) is 5.11 Å². The number of benzene rings is 1. The number of allylic oxidation sites excluding steroid dienone is 4. The summed E-state index contributed by atoms with van der Waals surface area (Å²) in [5.74, 6) is 1.64. The van der Waals surface area contributed by atoms with Crippen molar-refractivity contribution in [3.63, 3.8) is 0 Å². The van der Waals surface area contributed by atoms with Crippen LogP contribution in [0.1, 0.15) is 65.4 Å². The van der Waals surface area contributed by atoms with Crippen LogP contribution in [0.3, 0.4) is 0 Å². The highest BCUT2D eigenvalue weighted by Crippen LogP contribution is 2.43. The maximum atomic E-state index is 9.79. The molecule has 0 fully saturated rings. The van der Waals surface area contributed by atoms with Crippen molar-refractivity contribution in [2.24, 2.45) is 0 Å². The van der Waals surface area contributed by atoms with E-state index < -0.39 is 0 Å². The van der Waals surface area contributed by atoms with E-state index in [-0.39, 0.29) is 11.4 Å². The van der Waals surface area contributed by atoms with E-state index in [0.717, 1.165) is 49.8 Å². The Morgan fingerprint density at radius 2 is 2.00 bits per heavy atom. The lowest BCUT2D eigenvalue weighted by Crippen LogP contribution is -2.36. The van der Waals surface area contributed by atoms with Crippen molar-refractivity contribution in [3.05, 3.63) is 41.0 Å². The Bertz CT molecular complexity index is 636. The molecule has 1 aliphatic rings. The van der Waals surface area contributed by atoms with Gasteiger partial charge in [0.25, 0.3) is 0 Å². The molecule has 0 saturated heterocycles. The highest BCUT2D eigenvalue weighted by Gasteiger charge is 2.33. The number of rotatable bonds is 7. The van der Waals surface area contributed by atoms with E-state index >= 15 is 0 Å². The molecule has 3 nitrogen and oxygen atoms in total. The predicted octanol–water partition coefficient (Wildman–Crippen LogP) is 5.96. The fourth-order valence-electron chi connectivity index (χ4n) is 3.28. The molecule has 1 atom stereocenters. The molecule has 3 heteroatoms. The minimum atomic E-state index is -0.187. The average Bonchev–Trinajstić information content (AvgIpc) is 2.54. The average molecular weight is 344 g/mol. The second kappa shape index (κ2) is 8.46. The van der Waals surface area contributed by atoms with Crippen molar-refractivity contribution in [2.75, 3.05) is 7.11 Å². The molecule has 0 aromatic heterocycles. The number of phenols is 1. The fraction of sp³-hybridized carbons (Fsp3) is 0.545. The van der Waals surface area contributed by atoms with Gasteiger partial charge in [0, 0.05) is 11.6 Å². The third-order valence-corrected chi connectivity index (χ3v) is 4.87. The number of phenolic OH excluding ortho intramolecular Hbond substituents is 1. The highest BCUT2D eigenvalue weighted by molar-refractivity contribution is 5.52. The van der Waals surface area contributed by atoms with Gasteiger partial charge in [0.05, 0.1) is 7.11 Å². The van der Waals surface area contributed by atoms with Crippen LogP contribution >= 0.6 is 0 Å². The van der Waals surface area contributed by atoms with Crippen LogP contribution < -0.4 is 9.47 Å². The van der Waals surface area contributed by atoms with E-state index in [2.05, 4.69) is 39.8 Å². The molecular formula is C22H32O3. The molecular weight excluding hydrogens is 312 g/mol. The molecule has 1 heterocycles. The number of fused-ring (bicyclic) bond motifs is 1. The van der Waals surface area contributed by atoms with Crippen LogP contribution in [0, 0.1) is 0 Å². The number of aromatic hydroxyl groups is 1. The van der Waals surface area contributed by atoms with E-state index in [1.165, 1.54) is 11.1 Å². The summed E-state index contributed by atoms with van der Waals surface area (Å²) in [7, 11) is 1.61. The molecule has 1 aromatic carbocycles. The SMILES string of the molecule is COc1cc(O)cc2c1OC(C)(CC/C=C(\C)CCC=C(C)C)CC2. The van der Waals surface area contributed by atoms with Gasteiger partial charge in [0.1, 0.15) is 11.4 Å². The zero-order chi connectivity index (χ0) is 18.4. The molecule has 0 radical (unpaired) electrons. The van der Waals surface area contributed by atoms with Crippen molar-refractivity contribution < 1.29 is 14.6 Å². The first kappa shape index (κ1) is 19.4. The van der Waals surface area contributed by atoms with Gasteiger partial charge >= 0.3 is 0 Å². The molecule has 1 N–H and O–H groups in total. The van der Waals surface area contributed by atoms with Crippen LogP contribution in [-0.4, -0.2) is 17.8 Å². The molecule has 138 valence electrons. The quantitative estimate of drug-likeness (QED) is 0.620. The van der Waals surface area contributed by atoms with Crippen molar-refractivity contribution in [1.82, 2.24) is 0 Å². The van der Waals surface area contributed by atoms with E-state index in [1.807, 2.05) is 0 Å².